The van der Waals surface area contributed by atoms with Crippen LogP contribution in [0.15, 0.2) is 12.1 Å². The quantitative estimate of drug-likeness (QED) is 0.887. The van der Waals surface area contributed by atoms with Crippen molar-refractivity contribution in [3.8, 4) is 0 Å². The Balaban J connectivity index is 2.18. The third kappa shape index (κ3) is 3.60. The zero-order valence-electron chi connectivity index (χ0n) is 13.3. The van der Waals surface area contributed by atoms with Crippen molar-refractivity contribution in [3.05, 3.63) is 34.4 Å². The Labute approximate surface area is 123 Å². The normalized spacial score (nSPS) is 20.4. The van der Waals surface area contributed by atoms with Crippen molar-refractivity contribution in [2.24, 2.45) is 0 Å². The minimum absolute atomic E-state index is 0.706. The molecule has 0 bridgehead atoms. The minimum Gasteiger partial charge on any atom is -0.384 e. The number of nitrogens with zero attached hydrogens (tertiary/aromatic N) is 1. The summed E-state index contributed by atoms with van der Waals surface area (Å²) in [4.78, 5) is 2.37. The molecule has 3 nitrogen and oxygen atoms in total. The van der Waals surface area contributed by atoms with Crippen molar-refractivity contribution in [1.82, 2.24) is 10.2 Å². The summed E-state index contributed by atoms with van der Waals surface area (Å²) in [5, 5.41) is 14.4. The maximum Gasteiger partial charge on any atom is 0.0997 e. The maximum absolute atomic E-state index is 11.0. The third-order valence-corrected chi connectivity index (χ3v) is 4.39. The van der Waals surface area contributed by atoms with Gasteiger partial charge in [-0.15, -0.1) is 0 Å². The third-order valence-electron chi connectivity index (χ3n) is 4.39. The van der Waals surface area contributed by atoms with Crippen LogP contribution < -0.4 is 5.32 Å². The van der Waals surface area contributed by atoms with Crippen LogP contribution in [0.1, 0.15) is 35.6 Å². The molecule has 0 amide bonds. The van der Waals surface area contributed by atoms with E-state index in [-0.39, 0.29) is 0 Å². The molecule has 1 aliphatic heterocycles. The molecule has 1 aromatic rings. The monoisotopic (exact) mass is 276 g/mol. The summed E-state index contributed by atoms with van der Waals surface area (Å²) in [7, 11) is 0. The minimum atomic E-state index is -0.785. The van der Waals surface area contributed by atoms with Gasteiger partial charge in [-0.3, -0.25) is 4.90 Å². The average Bonchev–Trinajstić information content (AvgIpc) is 2.61. The van der Waals surface area contributed by atoms with Crippen molar-refractivity contribution >= 4 is 0 Å². The summed E-state index contributed by atoms with van der Waals surface area (Å²) in [6.07, 6.45) is 1.15. The van der Waals surface area contributed by atoms with E-state index in [9.17, 15) is 5.11 Å². The van der Waals surface area contributed by atoms with Crippen LogP contribution in [0.25, 0.3) is 0 Å². The predicted octanol–water partition coefficient (Wildman–Crippen LogP) is 2.11. The molecule has 1 aromatic carbocycles. The number of nitrogens with one attached hydrogen (secondary N) is 1. The summed E-state index contributed by atoms with van der Waals surface area (Å²) >= 11 is 0. The van der Waals surface area contributed by atoms with Gasteiger partial charge in [0.05, 0.1) is 5.60 Å². The molecule has 0 radical (unpaired) electrons. The SMILES string of the molecule is Cc1cc(C)c(C(C)(O)CN2CCCNCC2)cc1C. The summed E-state index contributed by atoms with van der Waals surface area (Å²) in [5.41, 5.74) is 4.01. The van der Waals surface area contributed by atoms with Gasteiger partial charge >= 0.3 is 0 Å². The highest BCUT2D eigenvalue weighted by molar-refractivity contribution is 5.39. The zero-order valence-corrected chi connectivity index (χ0v) is 13.3. The van der Waals surface area contributed by atoms with Crippen molar-refractivity contribution in [2.75, 3.05) is 32.7 Å². The van der Waals surface area contributed by atoms with Gasteiger partial charge < -0.3 is 10.4 Å². The molecule has 1 heterocycles. The fourth-order valence-corrected chi connectivity index (χ4v) is 3.12. The first-order valence-electron chi connectivity index (χ1n) is 7.64. The van der Waals surface area contributed by atoms with Crippen molar-refractivity contribution in [2.45, 2.75) is 39.7 Å². The van der Waals surface area contributed by atoms with E-state index in [1.807, 2.05) is 6.92 Å². The van der Waals surface area contributed by atoms with E-state index >= 15 is 0 Å². The van der Waals surface area contributed by atoms with E-state index in [1.165, 1.54) is 16.7 Å². The number of aliphatic hydroxyl groups is 1. The van der Waals surface area contributed by atoms with E-state index in [1.54, 1.807) is 0 Å². The van der Waals surface area contributed by atoms with Gasteiger partial charge in [0, 0.05) is 19.6 Å². The van der Waals surface area contributed by atoms with Gasteiger partial charge in [0.1, 0.15) is 0 Å². The second kappa shape index (κ2) is 6.25. The van der Waals surface area contributed by atoms with Crippen molar-refractivity contribution in [1.29, 1.82) is 0 Å². The Kier molecular flexibility index (Phi) is 4.84. The fraction of sp³-hybridized carbons (Fsp3) is 0.647. The Morgan fingerprint density at radius 2 is 1.80 bits per heavy atom. The molecule has 1 aliphatic rings. The van der Waals surface area contributed by atoms with E-state index in [2.05, 4.69) is 43.1 Å². The van der Waals surface area contributed by atoms with Gasteiger partial charge in [-0.2, -0.15) is 0 Å². The van der Waals surface area contributed by atoms with Gasteiger partial charge in [0.2, 0.25) is 0 Å². The van der Waals surface area contributed by atoms with Crippen LogP contribution in [0.3, 0.4) is 0 Å². The van der Waals surface area contributed by atoms with Crippen LogP contribution >= 0.6 is 0 Å². The van der Waals surface area contributed by atoms with Gasteiger partial charge in [0.15, 0.2) is 0 Å². The first kappa shape index (κ1) is 15.5. The second-order valence-electron chi connectivity index (χ2n) is 6.40. The van der Waals surface area contributed by atoms with Crippen LogP contribution in [0.5, 0.6) is 0 Å². The molecule has 2 rings (SSSR count). The molecule has 1 unspecified atom stereocenters. The standard InChI is InChI=1S/C17H28N2O/c1-13-10-15(3)16(11-14(13)2)17(4,20)12-19-8-5-6-18-7-9-19/h10-11,18,20H,5-9,12H2,1-4H3. The summed E-state index contributed by atoms with van der Waals surface area (Å²) in [5.74, 6) is 0. The summed E-state index contributed by atoms with van der Waals surface area (Å²) in [6.45, 7) is 13.2. The molecular weight excluding hydrogens is 248 g/mol. The molecule has 1 fully saturated rings. The predicted molar refractivity (Wildman–Crippen MR) is 84.2 cm³/mol. The van der Waals surface area contributed by atoms with Crippen molar-refractivity contribution in [3.63, 3.8) is 0 Å². The molecule has 0 aromatic heterocycles. The number of aryl methyl sites for hydroxylation is 3. The lowest BCUT2D eigenvalue weighted by Crippen LogP contribution is -2.41. The number of rotatable bonds is 3. The van der Waals surface area contributed by atoms with Crippen LogP contribution in [0, 0.1) is 20.8 Å². The number of β-amino-alcohol motifs (C(OH)–C–C–N with tert-alkyl or cyclic N) is 1. The maximum atomic E-state index is 11.0. The van der Waals surface area contributed by atoms with Crippen LogP contribution in [0.2, 0.25) is 0 Å². The zero-order chi connectivity index (χ0) is 14.8. The Morgan fingerprint density at radius 1 is 1.10 bits per heavy atom. The first-order chi connectivity index (χ1) is 9.40. The highest BCUT2D eigenvalue weighted by atomic mass is 16.3. The van der Waals surface area contributed by atoms with Crippen molar-refractivity contribution < 1.29 is 5.11 Å². The lowest BCUT2D eigenvalue weighted by molar-refractivity contribution is 0.0171. The molecule has 112 valence electrons. The molecule has 3 heteroatoms. The van der Waals surface area contributed by atoms with Crippen LogP contribution in [-0.2, 0) is 5.60 Å². The van der Waals surface area contributed by atoms with Gasteiger partial charge in [0.25, 0.3) is 0 Å². The Bertz CT molecular complexity index is 460. The van der Waals surface area contributed by atoms with E-state index < -0.39 is 5.60 Å². The highest BCUT2D eigenvalue weighted by Crippen LogP contribution is 2.27. The fourth-order valence-electron chi connectivity index (χ4n) is 3.12. The van der Waals surface area contributed by atoms with E-state index in [4.69, 9.17) is 0 Å². The van der Waals surface area contributed by atoms with E-state index in [0.29, 0.717) is 6.54 Å². The van der Waals surface area contributed by atoms with Crippen LogP contribution in [-0.4, -0.2) is 42.7 Å². The second-order valence-corrected chi connectivity index (χ2v) is 6.40. The van der Waals surface area contributed by atoms with Gasteiger partial charge in [-0.1, -0.05) is 12.1 Å². The summed E-state index contributed by atoms with van der Waals surface area (Å²) in [6, 6.07) is 4.34. The Morgan fingerprint density at radius 3 is 2.55 bits per heavy atom. The smallest absolute Gasteiger partial charge is 0.0997 e. The summed E-state index contributed by atoms with van der Waals surface area (Å²) < 4.78 is 0. The number of benzene rings is 1. The molecule has 0 saturated carbocycles. The topological polar surface area (TPSA) is 35.5 Å². The molecule has 1 atom stereocenters. The largest absolute Gasteiger partial charge is 0.384 e. The van der Waals surface area contributed by atoms with E-state index in [0.717, 1.165) is 38.2 Å². The van der Waals surface area contributed by atoms with Gasteiger partial charge in [-0.25, -0.2) is 0 Å². The molecule has 20 heavy (non-hydrogen) atoms. The molecule has 0 spiro atoms. The lowest BCUT2D eigenvalue weighted by Gasteiger charge is -2.32. The van der Waals surface area contributed by atoms with Crippen LogP contribution in [0.4, 0.5) is 0 Å². The molecule has 2 N–H and O–H groups in total. The lowest BCUT2D eigenvalue weighted by atomic mass is 9.88. The highest BCUT2D eigenvalue weighted by Gasteiger charge is 2.28. The average molecular weight is 276 g/mol. The van der Waals surface area contributed by atoms with Gasteiger partial charge in [-0.05, 0) is 69.5 Å². The number of hydrogen-bond donors (Lipinski definition) is 2. The molecular formula is C17H28N2O. The Hall–Kier alpha value is -0.900. The molecule has 1 saturated heterocycles. The molecule has 0 aliphatic carbocycles. The first-order valence-corrected chi connectivity index (χ1v) is 7.64. The number of hydrogen-bond acceptors (Lipinski definition) is 3.